The van der Waals surface area contributed by atoms with Crippen LogP contribution in [0.1, 0.15) is 20.8 Å². The maximum Gasteiger partial charge on any atom is 0.457 e. The quantitative estimate of drug-likeness (QED) is 0.546. The van der Waals surface area contributed by atoms with Gasteiger partial charge in [0.05, 0.1) is 6.54 Å². The van der Waals surface area contributed by atoms with Gasteiger partial charge < -0.3 is 9.64 Å². The van der Waals surface area contributed by atoms with E-state index in [0.717, 1.165) is 4.90 Å². The number of nitrogens with zero attached hydrogens (tertiary/aromatic N) is 1. The van der Waals surface area contributed by atoms with E-state index in [-0.39, 0.29) is 6.54 Å². The van der Waals surface area contributed by atoms with Gasteiger partial charge in [0, 0.05) is 12.1 Å². The Balaban J connectivity index is 2.71. The van der Waals surface area contributed by atoms with Gasteiger partial charge in [0.15, 0.2) is 0 Å². The van der Waals surface area contributed by atoms with Crippen LogP contribution in [0.25, 0.3) is 0 Å². The summed E-state index contributed by atoms with van der Waals surface area (Å²) in [4.78, 5) is 12.3. The Morgan fingerprint density at radius 1 is 1.21 bits per heavy atom. The van der Waals surface area contributed by atoms with E-state index in [1.54, 1.807) is 20.8 Å². The highest BCUT2D eigenvalue weighted by Gasteiger charge is 2.60. The number of hydrogen-bond acceptors (Lipinski definition) is 2. The van der Waals surface area contributed by atoms with Gasteiger partial charge in [-0.05, 0) is 20.8 Å². The second-order valence-corrected chi connectivity index (χ2v) is 5.16. The van der Waals surface area contributed by atoms with Crippen molar-refractivity contribution in [3.63, 3.8) is 0 Å². The molecule has 1 heterocycles. The molecule has 110 valence electrons. The first kappa shape index (κ1) is 15.7. The van der Waals surface area contributed by atoms with Crippen LogP contribution in [-0.4, -0.2) is 41.8 Å². The Kier molecular flexibility index (Phi) is 3.84. The molecule has 0 aromatic carbocycles. The van der Waals surface area contributed by atoms with Gasteiger partial charge in [-0.2, -0.15) is 22.0 Å². The van der Waals surface area contributed by atoms with E-state index in [4.69, 9.17) is 4.74 Å². The van der Waals surface area contributed by atoms with Gasteiger partial charge >= 0.3 is 18.2 Å². The van der Waals surface area contributed by atoms with Crippen LogP contribution in [0.3, 0.4) is 0 Å². The summed E-state index contributed by atoms with van der Waals surface area (Å²) >= 11 is 0. The molecule has 8 heteroatoms. The fourth-order valence-electron chi connectivity index (χ4n) is 1.43. The Hall–Kier alpha value is -1.34. The lowest BCUT2D eigenvalue weighted by Gasteiger charge is -2.26. The van der Waals surface area contributed by atoms with Gasteiger partial charge in [0.2, 0.25) is 0 Å². The molecule has 0 radical (unpaired) electrons. The molecular formula is C11H14F5NO2. The van der Waals surface area contributed by atoms with Crippen molar-refractivity contribution in [1.29, 1.82) is 0 Å². The molecule has 0 unspecified atom stereocenters. The van der Waals surface area contributed by atoms with Crippen LogP contribution in [0.15, 0.2) is 11.6 Å². The molecule has 0 aliphatic carbocycles. The zero-order chi connectivity index (χ0) is 15.1. The highest BCUT2D eigenvalue weighted by molar-refractivity contribution is 5.69. The number of hydrogen-bond donors (Lipinski definition) is 0. The van der Waals surface area contributed by atoms with E-state index in [9.17, 15) is 26.7 Å². The Labute approximate surface area is 107 Å². The molecule has 1 aliphatic heterocycles. The molecule has 0 spiro atoms. The molecule has 0 bridgehead atoms. The lowest BCUT2D eigenvalue weighted by atomic mass is 10.1. The third kappa shape index (κ3) is 3.57. The average Bonchev–Trinajstić information content (AvgIpc) is 2.61. The maximum absolute atomic E-state index is 13.0. The van der Waals surface area contributed by atoms with Gasteiger partial charge in [-0.1, -0.05) is 6.08 Å². The van der Waals surface area contributed by atoms with Crippen molar-refractivity contribution in [2.45, 2.75) is 38.5 Å². The minimum atomic E-state index is -5.66. The minimum absolute atomic E-state index is 0.323. The molecular weight excluding hydrogens is 273 g/mol. The Morgan fingerprint density at radius 3 is 2.16 bits per heavy atom. The highest BCUT2D eigenvalue weighted by atomic mass is 19.4. The van der Waals surface area contributed by atoms with Crippen LogP contribution in [-0.2, 0) is 4.74 Å². The zero-order valence-corrected chi connectivity index (χ0v) is 10.6. The number of carbonyl (C=O) groups excluding carboxylic acids is 1. The summed E-state index contributed by atoms with van der Waals surface area (Å²) in [6.45, 7) is 3.59. The SMILES string of the molecule is CC(C)(C)OC(=O)N1CC=C(C(F)(F)C(F)(F)F)C1. The molecule has 19 heavy (non-hydrogen) atoms. The van der Waals surface area contributed by atoms with Crippen LogP contribution in [0, 0.1) is 0 Å². The smallest absolute Gasteiger partial charge is 0.444 e. The molecule has 0 fully saturated rings. The van der Waals surface area contributed by atoms with Crippen LogP contribution < -0.4 is 0 Å². The van der Waals surface area contributed by atoms with E-state index in [0.29, 0.717) is 6.08 Å². The summed E-state index contributed by atoms with van der Waals surface area (Å²) in [5.41, 5.74) is -1.97. The molecule has 1 amide bonds. The number of alkyl halides is 5. The van der Waals surface area contributed by atoms with E-state index in [1.807, 2.05) is 0 Å². The van der Waals surface area contributed by atoms with Crippen molar-refractivity contribution in [1.82, 2.24) is 4.90 Å². The summed E-state index contributed by atoms with van der Waals surface area (Å²) in [6, 6.07) is 0. The molecule has 0 aromatic heterocycles. The van der Waals surface area contributed by atoms with Gasteiger partial charge in [0.25, 0.3) is 0 Å². The first-order valence-corrected chi connectivity index (χ1v) is 5.46. The van der Waals surface area contributed by atoms with Crippen molar-refractivity contribution in [2.75, 3.05) is 13.1 Å². The lowest BCUT2D eigenvalue weighted by Crippen LogP contribution is -2.41. The summed E-state index contributed by atoms with van der Waals surface area (Å²) in [5, 5.41) is 0. The van der Waals surface area contributed by atoms with Crippen molar-refractivity contribution >= 4 is 6.09 Å². The largest absolute Gasteiger partial charge is 0.457 e. The third-order valence-corrected chi connectivity index (χ3v) is 2.33. The number of rotatable bonds is 1. The topological polar surface area (TPSA) is 29.5 Å². The van der Waals surface area contributed by atoms with E-state index in [2.05, 4.69) is 0 Å². The average molecular weight is 287 g/mol. The fourth-order valence-corrected chi connectivity index (χ4v) is 1.43. The summed E-state index contributed by atoms with van der Waals surface area (Å²) in [5.74, 6) is -4.93. The standard InChI is InChI=1S/C11H14F5NO2/c1-9(2,3)19-8(18)17-5-4-7(6-17)10(12,13)11(14,15)16/h4H,5-6H2,1-3H3. The van der Waals surface area contributed by atoms with Crippen LogP contribution in [0.4, 0.5) is 26.7 Å². The lowest BCUT2D eigenvalue weighted by molar-refractivity contribution is -0.264. The number of amides is 1. The van der Waals surface area contributed by atoms with E-state index < -0.39 is 35.9 Å². The molecule has 3 nitrogen and oxygen atoms in total. The predicted octanol–water partition coefficient (Wildman–Crippen LogP) is 3.36. The van der Waals surface area contributed by atoms with Crippen molar-refractivity contribution in [3.05, 3.63) is 11.6 Å². The molecule has 0 atom stereocenters. The van der Waals surface area contributed by atoms with Gasteiger partial charge in [0.1, 0.15) is 5.60 Å². The van der Waals surface area contributed by atoms with Crippen molar-refractivity contribution in [3.8, 4) is 0 Å². The number of carbonyl (C=O) groups is 1. The summed E-state index contributed by atoms with van der Waals surface area (Å²) < 4.78 is 67.4. The van der Waals surface area contributed by atoms with Crippen LogP contribution in [0.5, 0.6) is 0 Å². The van der Waals surface area contributed by atoms with Crippen molar-refractivity contribution < 1.29 is 31.5 Å². The van der Waals surface area contributed by atoms with Crippen molar-refractivity contribution in [2.24, 2.45) is 0 Å². The Bertz CT molecular complexity index is 395. The van der Waals surface area contributed by atoms with Gasteiger partial charge in [-0.15, -0.1) is 0 Å². The molecule has 0 N–H and O–H groups in total. The number of halogens is 5. The van der Waals surface area contributed by atoms with E-state index in [1.165, 1.54) is 0 Å². The first-order chi connectivity index (χ1) is 8.34. The van der Waals surface area contributed by atoms with Gasteiger partial charge in [-0.3, -0.25) is 0 Å². The second kappa shape index (κ2) is 4.64. The third-order valence-electron chi connectivity index (χ3n) is 2.33. The predicted molar refractivity (Wildman–Crippen MR) is 56.9 cm³/mol. The van der Waals surface area contributed by atoms with Crippen LogP contribution >= 0.6 is 0 Å². The minimum Gasteiger partial charge on any atom is -0.444 e. The van der Waals surface area contributed by atoms with Gasteiger partial charge in [-0.25, -0.2) is 4.79 Å². The Morgan fingerprint density at radius 2 is 1.74 bits per heavy atom. The monoisotopic (exact) mass is 287 g/mol. The summed E-state index contributed by atoms with van der Waals surface area (Å²) in [6.07, 6.45) is -5.88. The zero-order valence-electron chi connectivity index (χ0n) is 10.6. The normalized spacial score (nSPS) is 17.5. The molecule has 0 aromatic rings. The first-order valence-electron chi connectivity index (χ1n) is 5.46. The maximum atomic E-state index is 13.0. The fraction of sp³-hybridized carbons (Fsp3) is 0.727. The molecule has 0 saturated heterocycles. The second-order valence-electron chi connectivity index (χ2n) is 5.16. The van der Waals surface area contributed by atoms with E-state index >= 15 is 0 Å². The molecule has 0 saturated carbocycles. The summed E-state index contributed by atoms with van der Waals surface area (Å²) in [7, 11) is 0. The number of ether oxygens (including phenoxy) is 1. The molecule has 1 aliphatic rings. The van der Waals surface area contributed by atoms with Crippen LogP contribution in [0.2, 0.25) is 0 Å². The molecule has 1 rings (SSSR count). The highest BCUT2D eigenvalue weighted by Crippen LogP contribution is 2.42.